The van der Waals surface area contributed by atoms with Crippen LogP contribution in [0.5, 0.6) is 5.75 Å². The largest absolute Gasteiger partial charge is 0.506 e. The number of carbonyl (C=O) groups excluding carboxylic acids is 1. The van der Waals surface area contributed by atoms with Crippen molar-refractivity contribution in [1.29, 1.82) is 0 Å². The monoisotopic (exact) mass is 415 g/mol. The molecule has 0 saturated heterocycles. The van der Waals surface area contributed by atoms with Gasteiger partial charge in [-0.1, -0.05) is 0 Å². The van der Waals surface area contributed by atoms with Crippen molar-refractivity contribution in [3.8, 4) is 16.9 Å². The summed E-state index contributed by atoms with van der Waals surface area (Å²) in [6, 6.07) is 3.55. The summed E-state index contributed by atoms with van der Waals surface area (Å²) in [6.07, 6.45) is 0. The molecule has 0 aliphatic rings. The van der Waals surface area contributed by atoms with Gasteiger partial charge < -0.3 is 14.8 Å². The number of H-pyrrole nitrogens is 1. The van der Waals surface area contributed by atoms with Crippen molar-refractivity contribution in [2.75, 3.05) is 6.61 Å². The van der Waals surface area contributed by atoms with Gasteiger partial charge in [0.25, 0.3) is 0 Å². The number of hydrogen-bond acceptors (Lipinski definition) is 3. The molecule has 1 aromatic heterocycles. The molecule has 1 aromatic carbocycles. The summed E-state index contributed by atoms with van der Waals surface area (Å²) < 4.78 is 6.25. The van der Waals surface area contributed by atoms with Crippen molar-refractivity contribution in [2.45, 2.75) is 20.8 Å². The van der Waals surface area contributed by atoms with Crippen molar-refractivity contribution in [1.82, 2.24) is 4.98 Å². The molecule has 0 aliphatic heterocycles. The van der Waals surface area contributed by atoms with Crippen molar-refractivity contribution in [2.24, 2.45) is 0 Å². The van der Waals surface area contributed by atoms with Gasteiger partial charge in [0, 0.05) is 17.0 Å². The number of benzene rings is 1. The molecule has 21 heavy (non-hydrogen) atoms. The zero-order chi connectivity index (χ0) is 15.7. The number of ether oxygens (including phenoxy) is 1. The minimum absolute atomic E-state index is 0.126. The maximum absolute atomic E-state index is 12.2. The summed E-state index contributed by atoms with van der Waals surface area (Å²) in [6.45, 7) is 5.85. The van der Waals surface area contributed by atoms with Gasteiger partial charge in [0.05, 0.1) is 21.1 Å². The lowest BCUT2D eigenvalue weighted by Crippen LogP contribution is -2.06. The van der Waals surface area contributed by atoms with Gasteiger partial charge in [-0.25, -0.2) is 4.79 Å². The molecule has 4 nitrogen and oxygen atoms in total. The first-order chi connectivity index (χ1) is 9.86. The highest BCUT2D eigenvalue weighted by Gasteiger charge is 2.22. The van der Waals surface area contributed by atoms with Crippen LogP contribution in [-0.4, -0.2) is 22.7 Å². The number of carbonyl (C=O) groups is 1. The number of aryl methyl sites for hydroxylation is 2. The van der Waals surface area contributed by atoms with Crippen molar-refractivity contribution >= 4 is 37.8 Å². The van der Waals surface area contributed by atoms with E-state index in [1.54, 1.807) is 19.1 Å². The maximum atomic E-state index is 12.2. The number of rotatable bonds is 3. The number of aromatic amines is 1. The summed E-state index contributed by atoms with van der Waals surface area (Å²) in [7, 11) is 0. The third-order valence-electron chi connectivity index (χ3n) is 3.16. The van der Waals surface area contributed by atoms with Crippen LogP contribution in [0.15, 0.2) is 21.1 Å². The zero-order valence-corrected chi connectivity index (χ0v) is 15.1. The Balaban J connectivity index is 2.67. The van der Waals surface area contributed by atoms with Crippen LogP contribution >= 0.6 is 31.9 Å². The first-order valence-electron chi connectivity index (χ1n) is 6.41. The second-order valence-corrected chi connectivity index (χ2v) is 6.34. The van der Waals surface area contributed by atoms with Crippen LogP contribution in [-0.2, 0) is 4.74 Å². The normalized spacial score (nSPS) is 10.7. The van der Waals surface area contributed by atoms with E-state index < -0.39 is 0 Å². The third-order valence-corrected chi connectivity index (χ3v) is 4.37. The van der Waals surface area contributed by atoms with E-state index in [-0.39, 0.29) is 11.7 Å². The van der Waals surface area contributed by atoms with E-state index >= 15 is 0 Å². The fraction of sp³-hybridized carbons (Fsp3) is 0.267. The summed E-state index contributed by atoms with van der Waals surface area (Å²) in [5.41, 5.74) is 3.77. The number of phenols is 1. The number of halogens is 2. The van der Waals surface area contributed by atoms with E-state index in [0.29, 0.717) is 21.1 Å². The predicted octanol–water partition coefficient (Wildman–Crippen LogP) is 4.71. The molecule has 0 aliphatic carbocycles. The maximum Gasteiger partial charge on any atom is 0.340 e. The Bertz CT molecular complexity index is 684. The number of phenolic OH excluding ortho intramolecular Hbond substituents is 1. The van der Waals surface area contributed by atoms with E-state index in [0.717, 1.165) is 22.5 Å². The number of aromatic hydroxyl groups is 1. The molecule has 1 heterocycles. The van der Waals surface area contributed by atoms with Gasteiger partial charge in [-0.05, 0) is 70.3 Å². The molecule has 2 aromatic rings. The van der Waals surface area contributed by atoms with Crippen molar-refractivity contribution < 1.29 is 14.6 Å². The molecule has 2 N–H and O–H groups in total. The average molecular weight is 417 g/mol. The van der Waals surface area contributed by atoms with Gasteiger partial charge in [0.15, 0.2) is 0 Å². The molecule has 6 heteroatoms. The van der Waals surface area contributed by atoms with Gasteiger partial charge in [-0.3, -0.25) is 0 Å². The standard InChI is InChI=1S/C15H15Br2NO3/c1-4-21-15(20)13-8(3)18-7(2)12(13)9-5-10(16)14(19)11(17)6-9/h5-6,18-19H,4H2,1-3H3. The number of esters is 1. The van der Waals surface area contributed by atoms with Crippen LogP contribution in [0.3, 0.4) is 0 Å². The average Bonchev–Trinajstić information content (AvgIpc) is 2.70. The highest BCUT2D eigenvalue weighted by atomic mass is 79.9. The van der Waals surface area contributed by atoms with Gasteiger partial charge in [-0.15, -0.1) is 0 Å². The molecular formula is C15H15Br2NO3. The van der Waals surface area contributed by atoms with Crippen molar-refractivity contribution in [3.05, 3.63) is 38.0 Å². The number of hydrogen-bond donors (Lipinski definition) is 2. The minimum atomic E-state index is -0.352. The predicted molar refractivity (Wildman–Crippen MR) is 88.7 cm³/mol. The first-order valence-corrected chi connectivity index (χ1v) is 8.00. The molecule has 0 bridgehead atoms. The van der Waals surface area contributed by atoms with E-state index in [2.05, 4.69) is 36.8 Å². The first kappa shape index (κ1) is 16.1. The Kier molecular flexibility index (Phi) is 4.78. The Morgan fingerprint density at radius 2 is 1.81 bits per heavy atom. The molecule has 0 fully saturated rings. The van der Waals surface area contributed by atoms with E-state index in [1.807, 2.05) is 13.8 Å². The molecule has 0 atom stereocenters. The fourth-order valence-electron chi connectivity index (χ4n) is 2.31. The molecule has 0 radical (unpaired) electrons. The van der Waals surface area contributed by atoms with Gasteiger partial charge >= 0.3 is 5.97 Å². The summed E-state index contributed by atoms with van der Waals surface area (Å²) >= 11 is 6.62. The topological polar surface area (TPSA) is 62.3 Å². The SMILES string of the molecule is CCOC(=O)c1c(C)[nH]c(C)c1-c1cc(Br)c(O)c(Br)c1. The molecular weight excluding hydrogens is 402 g/mol. The smallest absolute Gasteiger partial charge is 0.340 e. The lowest BCUT2D eigenvalue weighted by atomic mass is 10.0. The molecule has 0 amide bonds. The Labute approximate surface area is 139 Å². The number of aromatic nitrogens is 1. The lowest BCUT2D eigenvalue weighted by Gasteiger charge is -2.09. The van der Waals surface area contributed by atoms with Crippen LogP contribution in [0.25, 0.3) is 11.1 Å². The van der Waals surface area contributed by atoms with Crippen molar-refractivity contribution in [3.63, 3.8) is 0 Å². The number of nitrogens with one attached hydrogen (secondary N) is 1. The highest BCUT2D eigenvalue weighted by molar-refractivity contribution is 9.11. The second kappa shape index (κ2) is 6.23. The Hall–Kier alpha value is -1.27. The van der Waals surface area contributed by atoms with Crippen LogP contribution in [0, 0.1) is 13.8 Å². The van der Waals surface area contributed by atoms with E-state index in [9.17, 15) is 9.90 Å². The fourth-order valence-corrected chi connectivity index (χ4v) is 3.50. The quantitative estimate of drug-likeness (QED) is 0.712. The van der Waals surface area contributed by atoms with Crippen LogP contribution in [0.4, 0.5) is 0 Å². The second-order valence-electron chi connectivity index (χ2n) is 4.63. The van der Waals surface area contributed by atoms with Crippen LogP contribution < -0.4 is 0 Å². The molecule has 2 rings (SSSR count). The summed E-state index contributed by atoms with van der Waals surface area (Å²) in [5.74, 6) is -0.226. The van der Waals surface area contributed by atoms with E-state index in [1.165, 1.54) is 0 Å². The summed E-state index contributed by atoms with van der Waals surface area (Å²) in [5, 5.41) is 9.82. The highest BCUT2D eigenvalue weighted by Crippen LogP contribution is 2.39. The van der Waals surface area contributed by atoms with Gasteiger partial charge in [0.2, 0.25) is 0 Å². The molecule has 0 unspecified atom stereocenters. The van der Waals surface area contributed by atoms with E-state index in [4.69, 9.17) is 4.74 Å². The Morgan fingerprint density at radius 1 is 1.24 bits per heavy atom. The minimum Gasteiger partial charge on any atom is -0.506 e. The third kappa shape index (κ3) is 3.01. The molecule has 112 valence electrons. The van der Waals surface area contributed by atoms with Crippen LogP contribution in [0.2, 0.25) is 0 Å². The summed E-state index contributed by atoms with van der Waals surface area (Å²) in [4.78, 5) is 15.4. The Morgan fingerprint density at radius 3 is 2.33 bits per heavy atom. The van der Waals surface area contributed by atoms with Crippen LogP contribution in [0.1, 0.15) is 28.7 Å². The molecule has 0 saturated carbocycles. The molecule has 0 spiro atoms. The van der Waals surface area contributed by atoms with Gasteiger partial charge in [-0.2, -0.15) is 0 Å². The van der Waals surface area contributed by atoms with Gasteiger partial charge in [0.1, 0.15) is 5.75 Å². The lowest BCUT2D eigenvalue weighted by molar-refractivity contribution is 0.0526. The zero-order valence-electron chi connectivity index (χ0n) is 11.9.